The van der Waals surface area contributed by atoms with Crippen molar-refractivity contribution >= 4 is 10.0 Å². The third kappa shape index (κ3) is 4.54. The van der Waals surface area contributed by atoms with Crippen molar-refractivity contribution in [1.82, 2.24) is 4.72 Å². The van der Waals surface area contributed by atoms with Crippen LogP contribution in [0.25, 0.3) is 0 Å². The standard InChI is InChI=1S/C14H22FNO3S/c1-4-10(2)7-11(3)16-20(18,19)13-5-6-14(15)12(8-13)9-17/h5-6,8,10-11,16-17H,4,7,9H2,1-3H3. The average Bonchev–Trinajstić information content (AvgIpc) is 2.37. The molecule has 6 heteroatoms. The number of aliphatic hydroxyl groups excluding tert-OH is 1. The van der Waals surface area contributed by atoms with E-state index in [0.29, 0.717) is 5.92 Å². The monoisotopic (exact) mass is 303 g/mol. The van der Waals surface area contributed by atoms with Gasteiger partial charge in [-0.05, 0) is 37.5 Å². The fraction of sp³-hybridized carbons (Fsp3) is 0.571. The Kier molecular flexibility index (Phi) is 6.10. The van der Waals surface area contributed by atoms with Crippen LogP contribution >= 0.6 is 0 Å². The summed E-state index contributed by atoms with van der Waals surface area (Å²) in [5.74, 6) is -0.187. The van der Waals surface area contributed by atoms with Gasteiger partial charge in [-0.2, -0.15) is 0 Å². The first-order valence-electron chi connectivity index (χ1n) is 6.71. The van der Waals surface area contributed by atoms with Gasteiger partial charge in [-0.15, -0.1) is 0 Å². The Morgan fingerprint density at radius 2 is 2.00 bits per heavy atom. The fourth-order valence-electron chi connectivity index (χ4n) is 1.99. The molecule has 0 bridgehead atoms. The molecule has 0 radical (unpaired) electrons. The second-order valence-electron chi connectivity index (χ2n) is 5.18. The van der Waals surface area contributed by atoms with Gasteiger partial charge in [-0.3, -0.25) is 0 Å². The van der Waals surface area contributed by atoms with E-state index >= 15 is 0 Å². The van der Waals surface area contributed by atoms with Gasteiger partial charge in [0.25, 0.3) is 0 Å². The fourth-order valence-corrected chi connectivity index (χ4v) is 3.30. The molecule has 0 saturated carbocycles. The topological polar surface area (TPSA) is 66.4 Å². The largest absolute Gasteiger partial charge is 0.392 e. The maximum absolute atomic E-state index is 13.3. The minimum absolute atomic E-state index is 0.0255. The van der Waals surface area contributed by atoms with Gasteiger partial charge < -0.3 is 5.11 Å². The summed E-state index contributed by atoms with van der Waals surface area (Å²) in [6, 6.07) is 3.22. The summed E-state index contributed by atoms with van der Waals surface area (Å²) in [4.78, 5) is -0.0287. The van der Waals surface area contributed by atoms with Crippen molar-refractivity contribution in [3.63, 3.8) is 0 Å². The first-order chi connectivity index (χ1) is 9.30. The molecule has 1 aromatic rings. The van der Waals surface area contributed by atoms with E-state index in [9.17, 15) is 12.8 Å². The van der Waals surface area contributed by atoms with Crippen molar-refractivity contribution in [3.8, 4) is 0 Å². The maximum Gasteiger partial charge on any atom is 0.240 e. The molecule has 1 aromatic carbocycles. The first kappa shape index (κ1) is 17.1. The Hall–Kier alpha value is -0.980. The molecule has 0 aromatic heterocycles. The van der Waals surface area contributed by atoms with Crippen LogP contribution in [0.1, 0.15) is 39.2 Å². The van der Waals surface area contributed by atoms with Gasteiger partial charge in [0.2, 0.25) is 10.0 Å². The highest BCUT2D eigenvalue weighted by Gasteiger charge is 2.19. The Balaban J connectivity index is 2.88. The molecule has 0 fully saturated rings. The molecule has 20 heavy (non-hydrogen) atoms. The lowest BCUT2D eigenvalue weighted by Crippen LogP contribution is -2.33. The summed E-state index contributed by atoms with van der Waals surface area (Å²) in [6.45, 7) is 5.39. The number of hydrogen-bond donors (Lipinski definition) is 2. The predicted molar refractivity (Wildman–Crippen MR) is 76.2 cm³/mol. The molecule has 2 N–H and O–H groups in total. The predicted octanol–water partition coefficient (Wildman–Crippen LogP) is 2.42. The summed E-state index contributed by atoms with van der Waals surface area (Å²) < 4.78 is 40.2. The van der Waals surface area contributed by atoms with Gasteiger partial charge in [0, 0.05) is 11.6 Å². The van der Waals surface area contributed by atoms with Crippen molar-refractivity contribution in [2.75, 3.05) is 0 Å². The summed E-state index contributed by atoms with van der Waals surface area (Å²) in [5, 5.41) is 8.99. The minimum Gasteiger partial charge on any atom is -0.392 e. The molecule has 0 amide bonds. The van der Waals surface area contributed by atoms with Crippen molar-refractivity contribution in [3.05, 3.63) is 29.6 Å². The van der Waals surface area contributed by atoms with Gasteiger partial charge in [-0.1, -0.05) is 20.3 Å². The third-order valence-corrected chi connectivity index (χ3v) is 4.89. The van der Waals surface area contributed by atoms with Gasteiger partial charge in [-0.25, -0.2) is 17.5 Å². The van der Waals surface area contributed by atoms with Gasteiger partial charge in [0.05, 0.1) is 11.5 Å². The number of hydrogen-bond acceptors (Lipinski definition) is 3. The Bertz CT molecular complexity index is 545. The molecule has 2 atom stereocenters. The van der Waals surface area contributed by atoms with E-state index in [1.165, 1.54) is 6.07 Å². The van der Waals surface area contributed by atoms with Gasteiger partial charge in [0.1, 0.15) is 5.82 Å². The molecule has 0 aliphatic carbocycles. The van der Waals surface area contributed by atoms with Crippen LogP contribution < -0.4 is 4.72 Å². The smallest absolute Gasteiger partial charge is 0.240 e. The average molecular weight is 303 g/mol. The van der Waals surface area contributed by atoms with Crippen LogP contribution in [0.4, 0.5) is 4.39 Å². The van der Waals surface area contributed by atoms with Crippen LogP contribution in [-0.4, -0.2) is 19.6 Å². The zero-order chi connectivity index (χ0) is 15.3. The summed E-state index contributed by atoms with van der Waals surface area (Å²) >= 11 is 0. The first-order valence-corrected chi connectivity index (χ1v) is 8.20. The lowest BCUT2D eigenvalue weighted by Gasteiger charge is -2.18. The number of nitrogens with one attached hydrogen (secondary N) is 1. The number of sulfonamides is 1. The van der Waals surface area contributed by atoms with Crippen LogP contribution in [-0.2, 0) is 16.6 Å². The third-order valence-electron chi connectivity index (χ3n) is 3.31. The maximum atomic E-state index is 13.3. The molecular formula is C14H22FNO3S. The van der Waals surface area contributed by atoms with Gasteiger partial charge >= 0.3 is 0 Å². The molecule has 4 nitrogen and oxygen atoms in total. The van der Waals surface area contributed by atoms with Crippen molar-refractivity contribution in [1.29, 1.82) is 0 Å². The summed E-state index contributed by atoms with van der Waals surface area (Å²) in [7, 11) is -3.69. The van der Waals surface area contributed by atoms with E-state index in [0.717, 1.165) is 25.0 Å². The second kappa shape index (κ2) is 7.15. The van der Waals surface area contributed by atoms with E-state index in [-0.39, 0.29) is 16.5 Å². The molecule has 0 aliphatic heterocycles. The number of halogens is 1. The number of benzene rings is 1. The lowest BCUT2D eigenvalue weighted by molar-refractivity contribution is 0.275. The SMILES string of the molecule is CCC(C)CC(C)NS(=O)(=O)c1ccc(F)c(CO)c1. The van der Waals surface area contributed by atoms with E-state index in [1.807, 2.05) is 0 Å². The number of aliphatic hydroxyl groups is 1. The number of rotatable bonds is 7. The van der Waals surface area contributed by atoms with Crippen LogP contribution in [0.2, 0.25) is 0 Å². The Morgan fingerprint density at radius 1 is 1.35 bits per heavy atom. The Labute approximate surface area is 120 Å². The van der Waals surface area contributed by atoms with Gasteiger partial charge in [0.15, 0.2) is 0 Å². The molecule has 2 unspecified atom stereocenters. The molecule has 0 aliphatic rings. The van der Waals surface area contributed by atoms with Crippen molar-refractivity contribution in [2.24, 2.45) is 5.92 Å². The highest BCUT2D eigenvalue weighted by molar-refractivity contribution is 7.89. The molecule has 0 spiro atoms. The molecular weight excluding hydrogens is 281 g/mol. The lowest BCUT2D eigenvalue weighted by atomic mass is 10.0. The van der Waals surface area contributed by atoms with Crippen LogP contribution in [0.3, 0.4) is 0 Å². The van der Waals surface area contributed by atoms with Crippen LogP contribution in [0, 0.1) is 11.7 Å². The molecule has 0 saturated heterocycles. The highest BCUT2D eigenvalue weighted by atomic mass is 32.2. The summed E-state index contributed by atoms with van der Waals surface area (Å²) in [6.07, 6.45) is 1.72. The van der Waals surface area contributed by atoms with E-state index in [4.69, 9.17) is 5.11 Å². The zero-order valence-electron chi connectivity index (χ0n) is 12.1. The summed E-state index contributed by atoms with van der Waals surface area (Å²) in [5.41, 5.74) is -0.0255. The van der Waals surface area contributed by atoms with Crippen molar-refractivity contribution in [2.45, 2.75) is 51.2 Å². The van der Waals surface area contributed by atoms with E-state index < -0.39 is 22.4 Å². The van der Waals surface area contributed by atoms with Crippen LogP contribution in [0.5, 0.6) is 0 Å². The Morgan fingerprint density at radius 3 is 2.55 bits per heavy atom. The quantitative estimate of drug-likeness (QED) is 0.813. The molecule has 1 rings (SSSR count). The van der Waals surface area contributed by atoms with E-state index in [1.54, 1.807) is 6.92 Å². The normalized spacial score (nSPS) is 15.1. The minimum atomic E-state index is -3.69. The highest BCUT2D eigenvalue weighted by Crippen LogP contribution is 2.17. The zero-order valence-corrected chi connectivity index (χ0v) is 12.9. The van der Waals surface area contributed by atoms with Crippen LogP contribution in [0.15, 0.2) is 23.1 Å². The van der Waals surface area contributed by atoms with E-state index in [2.05, 4.69) is 18.6 Å². The van der Waals surface area contributed by atoms with Crippen molar-refractivity contribution < 1.29 is 17.9 Å². The molecule has 0 heterocycles. The molecule has 114 valence electrons. The second-order valence-corrected chi connectivity index (χ2v) is 6.90.